The lowest BCUT2D eigenvalue weighted by molar-refractivity contribution is -0.130. The highest BCUT2D eigenvalue weighted by Crippen LogP contribution is 2.24. The number of nitrogens with two attached hydrogens (primary N) is 1. The first kappa shape index (κ1) is 20.6. The van der Waals surface area contributed by atoms with Crippen LogP contribution in [-0.4, -0.2) is 60.2 Å². The van der Waals surface area contributed by atoms with Gasteiger partial charge in [0.25, 0.3) is 5.91 Å². The number of nitrogens with one attached hydrogen (secondary N) is 3. The molecule has 5 N–H and O–H groups in total. The third-order valence-electron chi connectivity index (χ3n) is 5.32. The van der Waals surface area contributed by atoms with Crippen molar-refractivity contribution in [3.05, 3.63) is 29.3 Å². The minimum atomic E-state index is -1.03. The Morgan fingerprint density at radius 1 is 1.24 bits per heavy atom. The van der Waals surface area contributed by atoms with Gasteiger partial charge in [0.1, 0.15) is 6.04 Å². The molecule has 0 spiro atoms. The maximum absolute atomic E-state index is 12.8. The number of carbonyl (C=O) groups is 4. The van der Waals surface area contributed by atoms with Crippen LogP contribution in [0.5, 0.6) is 0 Å². The van der Waals surface area contributed by atoms with E-state index >= 15 is 0 Å². The molecule has 1 fully saturated rings. The van der Waals surface area contributed by atoms with Crippen LogP contribution in [0.4, 0.5) is 5.69 Å². The Balaban J connectivity index is 1.48. The number of anilines is 1. The van der Waals surface area contributed by atoms with Gasteiger partial charge in [-0.15, -0.1) is 0 Å². The summed E-state index contributed by atoms with van der Waals surface area (Å²) in [5.41, 5.74) is 8.15. The number of hydrogen-bond acceptors (Lipinski definition) is 5. The van der Waals surface area contributed by atoms with Crippen molar-refractivity contribution in [3.63, 3.8) is 0 Å². The van der Waals surface area contributed by atoms with Gasteiger partial charge in [0.2, 0.25) is 17.7 Å². The molecule has 4 amide bonds. The third-order valence-corrected chi connectivity index (χ3v) is 5.32. The highest BCUT2D eigenvalue weighted by Gasteiger charge is 2.27. The summed E-state index contributed by atoms with van der Waals surface area (Å²) in [6.07, 6.45) is 2.04. The molecular weight excluding hydrogens is 374 g/mol. The third kappa shape index (κ3) is 5.24. The molecule has 2 aliphatic rings. The molecule has 0 unspecified atom stereocenters. The Kier molecular flexibility index (Phi) is 6.36. The number of likely N-dealkylation sites (tertiary alicyclic amines) is 1. The van der Waals surface area contributed by atoms with Gasteiger partial charge in [-0.1, -0.05) is 6.07 Å². The Bertz CT molecular complexity index is 817. The number of benzene rings is 1. The van der Waals surface area contributed by atoms with Crippen LogP contribution < -0.4 is 21.7 Å². The minimum absolute atomic E-state index is 0.00859. The van der Waals surface area contributed by atoms with Crippen LogP contribution in [0.3, 0.4) is 0 Å². The lowest BCUT2D eigenvalue weighted by Gasteiger charge is -2.32. The molecule has 1 saturated heterocycles. The zero-order valence-corrected chi connectivity index (χ0v) is 16.5. The predicted octanol–water partition coefficient (Wildman–Crippen LogP) is -0.244. The molecule has 0 saturated carbocycles. The van der Waals surface area contributed by atoms with Crippen molar-refractivity contribution in [1.29, 1.82) is 0 Å². The first-order valence-electron chi connectivity index (χ1n) is 9.85. The van der Waals surface area contributed by atoms with E-state index in [4.69, 9.17) is 5.73 Å². The summed E-state index contributed by atoms with van der Waals surface area (Å²) >= 11 is 0. The summed E-state index contributed by atoms with van der Waals surface area (Å²) in [6.45, 7) is 3.24. The molecule has 0 aliphatic carbocycles. The Morgan fingerprint density at radius 2 is 1.97 bits per heavy atom. The Morgan fingerprint density at radius 3 is 2.62 bits per heavy atom. The number of hydrogen-bond donors (Lipinski definition) is 4. The second-order valence-electron chi connectivity index (χ2n) is 7.54. The molecule has 3 rings (SSSR count). The van der Waals surface area contributed by atoms with Crippen molar-refractivity contribution in [2.24, 2.45) is 5.73 Å². The molecule has 9 nitrogen and oxygen atoms in total. The molecule has 156 valence electrons. The standard InChI is InChI=1S/C20H27N5O4/c1-12(26)23-17(19(21)28)11-18(27)24-15-5-8-25(9-6-15)20(29)14-3-2-13-4-7-22-16(13)10-14/h2-3,10,15,17,22H,4-9,11H2,1H3,(H2,21,28)(H,23,26)(H,24,27)/t17-/m0/s1. The molecule has 1 aromatic carbocycles. The average molecular weight is 401 g/mol. The summed E-state index contributed by atoms with van der Waals surface area (Å²) in [6, 6.07) is 4.67. The van der Waals surface area contributed by atoms with Crippen molar-refractivity contribution in [1.82, 2.24) is 15.5 Å². The van der Waals surface area contributed by atoms with Crippen LogP contribution in [0.1, 0.15) is 42.1 Å². The van der Waals surface area contributed by atoms with Crippen LogP contribution in [0.2, 0.25) is 0 Å². The Labute approximate surface area is 169 Å². The summed E-state index contributed by atoms with van der Waals surface area (Å²) in [5.74, 6) is -1.53. The second-order valence-corrected chi connectivity index (χ2v) is 7.54. The molecule has 1 atom stereocenters. The molecule has 2 heterocycles. The fraction of sp³-hybridized carbons (Fsp3) is 0.500. The number of piperidine rings is 1. The largest absolute Gasteiger partial charge is 0.384 e. The van der Waals surface area contributed by atoms with E-state index in [1.54, 1.807) is 4.90 Å². The van der Waals surface area contributed by atoms with Crippen molar-refractivity contribution >= 4 is 29.3 Å². The summed E-state index contributed by atoms with van der Waals surface area (Å²) in [5, 5.41) is 8.52. The van der Waals surface area contributed by atoms with Gasteiger partial charge in [-0.3, -0.25) is 19.2 Å². The van der Waals surface area contributed by atoms with Gasteiger partial charge in [0.05, 0.1) is 6.42 Å². The van der Waals surface area contributed by atoms with Crippen molar-refractivity contribution in [2.75, 3.05) is 25.0 Å². The maximum atomic E-state index is 12.8. The average Bonchev–Trinajstić information content (AvgIpc) is 3.15. The molecule has 9 heteroatoms. The van der Waals surface area contributed by atoms with Gasteiger partial charge >= 0.3 is 0 Å². The molecule has 29 heavy (non-hydrogen) atoms. The summed E-state index contributed by atoms with van der Waals surface area (Å²) in [4.78, 5) is 49.2. The Hall–Kier alpha value is -3.10. The van der Waals surface area contributed by atoms with E-state index < -0.39 is 17.9 Å². The number of fused-ring (bicyclic) bond motifs is 1. The number of primary amides is 1. The van der Waals surface area contributed by atoms with E-state index in [0.717, 1.165) is 18.7 Å². The molecular formula is C20H27N5O4. The lowest BCUT2D eigenvalue weighted by Crippen LogP contribution is -2.50. The van der Waals surface area contributed by atoms with Gasteiger partial charge < -0.3 is 26.6 Å². The molecule has 2 aliphatic heterocycles. The van der Waals surface area contributed by atoms with E-state index in [0.29, 0.717) is 31.5 Å². The number of amides is 4. The van der Waals surface area contributed by atoms with Gasteiger partial charge in [-0.2, -0.15) is 0 Å². The summed E-state index contributed by atoms with van der Waals surface area (Å²) < 4.78 is 0. The van der Waals surface area contributed by atoms with E-state index in [2.05, 4.69) is 16.0 Å². The SMILES string of the molecule is CC(=O)N[C@@H](CC(=O)NC1CCN(C(=O)c2ccc3c(c2)NCC3)CC1)C(N)=O. The van der Waals surface area contributed by atoms with Gasteiger partial charge in [-0.25, -0.2) is 0 Å². The maximum Gasteiger partial charge on any atom is 0.253 e. The lowest BCUT2D eigenvalue weighted by atomic mass is 10.0. The van der Waals surface area contributed by atoms with Crippen molar-refractivity contribution in [3.8, 4) is 0 Å². The predicted molar refractivity (Wildman–Crippen MR) is 107 cm³/mol. The van der Waals surface area contributed by atoms with E-state index in [9.17, 15) is 19.2 Å². The number of nitrogens with zero attached hydrogens (tertiary/aromatic N) is 1. The van der Waals surface area contributed by atoms with E-state index in [-0.39, 0.29) is 24.3 Å². The number of carbonyl (C=O) groups excluding carboxylic acids is 4. The van der Waals surface area contributed by atoms with E-state index in [1.165, 1.54) is 12.5 Å². The zero-order valence-electron chi connectivity index (χ0n) is 16.5. The van der Waals surface area contributed by atoms with Crippen LogP contribution in [-0.2, 0) is 20.8 Å². The monoisotopic (exact) mass is 401 g/mol. The minimum Gasteiger partial charge on any atom is -0.384 e. The molecule has 0 aromatic heterocycles. The quantitative estimate of drug-likeness (QED) is 0.522. The normalized spacial score (nSPS) is 17.1. The van der Waals surface area contributed by atoms with Gasteiger partial charge in [0.15, 0.2) is 0 Å². The fourth-order valence-corrected chi connectivity index (χ4v) is 3.77. The van der Waals surface area contributed by atoms with Crippen LogP contribution in [0.25, 0.3) is 0 Å². The van der Waals surface area contributed by atoms with Crippen LogP contribution in [0, 0.1) is 0 Å². The number of rotatable bonds is 6. The first-order chi connectivity index (χ1) is 13.8. The first-order valence-corrected chi connectivity index (χ1v) is 9.85. The zero-order chi connectivity index (χ0) is 21.0. The molecule has 0 bridgehead atoms. The molecule has 0 radical (unpaired) electrons. The second kappa shape index (κ2) is 8.93. The highest BCUT2D eigenvalue weighted by atomic mass is 16.2. The van der Waals surface area contributed by atoms with Gasteiger partial charge in [0, 0.05) is 43.9 Å². The van der Waals surface area contributed by atoms with E-state index in [1.807, 2.05) is 18.2 Å². The smallest absolute Gasteiger partial charge is 0.253 e. The van der Waals surface area contributed by atoms with Crippen LogP contribution in [0.15, 0.2) is 18.2 Å². The molecule has 1 aromatic rings. The van der Waals surface area contributed by atoms with Crippen LogP contribution >= 0.6 is 0 Å². The van der Waals surface area contributed by atoms with Gasteiger partial charge in [-0.05, 0) is 37.0 Å². The highest BCUT2D eigenvalue weighted by molar-refractivity contribution is 5.95. The van der Waals surface area contributed by atoms with Crippen molar-refractivity contribution in [2.45, 2.75) is 44.7 Å². The summed E-state index contributed by atoms with van der Waals surface area (Å²) in [7, 11) is 0. The topological polar surface area (TPSA) is 134 Å². The van der Waals surface area contributed by atoms with Crippen molar-refractivity contribution < 1.29 is 19.2 Å². The fourth-order valence-electron chi connectivity index (χ4n) is 3.77.